The van der Waals surface area contributed by atoms with E-state index in [0.29, 0.717) is 18.4 Å². The average Bonchev–Trinajstić information content (AvgIpc) is 2.81. The number of carbonyl (C=O) groups excluding carboxylic acids is 3. The van der Waals surface area contributed by atoms with E-state index in [1.807, 2.05) is 35.9 Å². The Morgan fingerprint density at radius 3 is 2.77 bits per heavy atom. The number of carbonyl (C=O) groups is 3. The summed E-state index contributed by atoms with van der Waals surface area (Å²) in [5, 5.41) is 0.839. The first-order valence-electron chi connectivity index (χ1n) is 7.37. The summed E-state index contributed by atoms with van der Waals surface area (Å²) in [6, 6.07) is 7.61. The van der Waals surface area contributed by atoms with Crippen molar-refractivity contribution in [2.75, 3.05) is 6.61 Å². The van der Waals surface area contributed by atoms with E-state index in [-0.39, 0.29) is 12.4 Å². The van der Waals surface area contributed by atoms with Crippen molar-refractivity contribution >= 4 is 28.4 Å². The molecule has 0 spiro atoms. The molecule has 0 amide bonds. The highest BCUT2D eigenvalue weighted by Crippen LogP contribution is 2.34. The standard InChI is InChI=1S/C17H17NO4/c1-3-22-17(21)16(20)11-8-9-13-14(15(11)19)10-6-4-5-7-12(10)18(13)2/h4-7,11H,3,8-9H2,1-2H3. The number of aryl methyl sites for hydroxylation is 1. The predicted octanol–water partition coefficient (Wildman–Crippen LogP) is 2.06. The molecule has 1 aliphatic rings. The number of fused-ring (bicyclic) bond motifs is 3. The molecular formula is C17H17NO4. The van der Waals surface area contributed by atoms with Crippen molar-refractivity contribution in [2.24, 2.45) is 13.0 Å². The van der Waals surface area contributed by atoms with Gasteiger partial charge in [0.05, 0.1) is 12.5 Å². The zero-order valence-corrected chi connectivity index (χ0v) is 12.6. The number of hydrogen-bond donors (Lipinski definition) is 0. The number of ether oxygens (including phenoxy) is 1. The summed E-state index contributed by atoms with van der Waals surface area (Å²) in [6.07, 6.45) is 0.954. The molecule has 0 radical (unpaired) electrons. The van der Waals surface area contributed by atoms with Gasteiger partial charge in [0.15, 0.2) is 5.78 Å². The van der Waals surface area contributed by atoms with Crippen LogP contribution in [-0.4, -0.2) is 28.7 Å². The second-order valence-electron chi connectivity index (χ2n) is 5.44. The fourth-order valence-electron chi connectivity index (χ4n) is 3.19. The molecule has 1 aromatic carbocycles. The van der Waals surface area contributed by atoms with Gasteiger partial charge in [-0.05, 0) is 25.8 Å². The van der Waals surface area contributed by atoms with Crippen LogP contribution < -0.4 is 0 Å². The van der Waals surface area contributed by atoms with Crippen molar-refractivity contribution in [3.05, 3.63) is 35.5 Å². The molecule has 0 bridgehead atoms. The Morgan fingerprint density at radius 2 is 2.05 bits per heavy atom. The smallest absolute Gasteiger partial charge is 0.375 e. The van der Waals surface area contributed by atoms with Crippen LogP contribution in [0.15, 0.2) is 24.3 Å². The van der Waals surface area contributed by atoms with E-state index in [9.17, 15) is 14.4 Å². The van der Waals surface area contributed by atoms with Gasteiger partial charge >= 0.3 is 5.97 Å². The largest absolute Gasteiger partial charge is 0.460 e. The van der Waals surface area contributed by atoms with E-state index < -0.39 is 17.7 Å². The van der Waals surface area contributed by atoms with Crippen molar-refractivity contribution < 1.29 is 19.1 Å². The van der Waals surface area contributed by atoms with Crippen molar-refractivity contribution in [1.29, 1.82) is 0 Å². The van der Waals surface area contributed by atoms with E-state index in [0.717, 1.165) is 16.6 Å². The number of Topliss-reactive ketones (excluding diaryl/α,β-unsaturated/α-hetero) is 2. The lowest BCUT2D eigenvalue weighted by Gasteiger charge is -2.20. The lowest BCUT2D eigenvalue weighted by Crippen LogP contribution is -2.35. The molecule has 0 saturated heterocycles. The first-order valence-corrected chi connectivity index (χ1v) is 7.37. The van der Waals surface area contributed by atoms with Crippen molar-refractivity contribution in [2.45, 2.75) is 19.8 Å². The fraction of sp³-hybridized carbons (Fsp3) is 0.353. The molecule has 5 heteroatoms. The molecule has 22 heavy (non-hydrogen) atoms. The van der Waals surface area contributed by atoms with E-state index in [4.69, 9.17) is 4.74 Å². The number of benzene rings is 1. The van der Waals surface area contributed by atoms with E-state index in [1.165, 1.54) is 0 Å². The zero-order chi connectivity index (χ0) is 15.9. The number of rotatable bonds is 3. The van der Waals surface area contributed by atoms with Crippen LogP contribution in [0.25, 0.3) is 10.9 Å². The van der Waals surface area contributed by atoms with Crippen LogP contribution in [0.2, 0.25) is 0 Å². The average molecular weight is 299 g/mol. The fourth-order valence-corrected chi connectivity index (χ4v) is 3.19. The lowest BCUT2D eigenvalue weighted by atomic mass is 9.82. The van der Waals surface area contributed by atoms with Crippen LogP contribution in [0.4, 0.5) is 0 Å². The highest BCUT2D eigenvalue weighted by molar-refractivity contribution is 6.40. The van der Waals surface area contributed by atoms with Crippen LogP contribution in [0, 0.1) is 5.92 Å². The number of para-hydroxylation sites is 1. The van der Waals surface area contributed by atoms with Gasteiger partial charge in [0.2, 0.25) is 0 Å². The van der Waals surface area contributed by atoms with Crippen LogP contribution in [0.5, 0.6) is 0 Å². The molecule has 114 valence electrons. The SMILES string of the molecule is CCOC(=O)C(=O)C1CCc2c(c3ccccc3n2C)C1=O. The summed E-state index contributed by atoms with van der Waals surface area (Å²) >= 11 is 0. The Kier molecular flexibility index (Phi) is 3.56. The van der Waals surface area contributed by atoms with Crippen molar-refractivity contribution in [3.63, 3.8) is 0 Å². The molecular weight excluding hydrogens is 282 g/mol. The third kappa shape index (κ3) is 2.04. The highest BCUT2D eigenvalue weighted by atomic mass is 16.5. The maximum atomic E-state index is 12.8. The van der Waals surface area contributed by atoms with Crippen molar-refractivity contribution in [1.82, 2.24) is 4.57 Å². The van der Waals surface area contributed by atoms with Gasteiger partial charge in [-0.25, -0.2) is 4.79 Å². The monoisotopic (exact) mass is 299 g/mol. The van der Waals surface area contributed by atoms with Gasteiger partial charge in [0.25, 0.3) is 5.78 Å². The quantitative estimate of drug-likeness (QED) is 0.494. The molecule has 1 aromatic heterocycles. The molecule has 0 saturated carbocycles. The topological polar surface area (TPSA) is 65.4 Å². The minimum atomic E-state index is -0.919. The molecule has 1 unspecified atom stereocenters. The Balaban J connectivity index is 2.04. The van der Waals surface area contributed by atoms with Gasteiger partial charge in [-0.15, -0.1) is 0 Å². The number of ketones is 2. The second kappa shape index (κ2) is 5.40. The molecule has 5 nitrogen and oxygen atoms in total. The minimum absolute atomic E-state index is 0.130. The van der Waals surface area contributed by atoms with E-state index in [2.05, 4.69) is 0 Å². The lowest BCUT2D eigenvalue weighted by molar-refractivity contribution is -0.154. The third-order valence-electron chi connectivity index (χ3n) is 4.25. The highest BCUT2D eigenvalue weighted by Gasteiger charge is 2.39. The minimum Gasteiger partial charge on any atom is -0.460 e. The van der Waals surface area contributed by atoms with Crippen LogP contribution in [-0.2, 0) is 27.8 Å². The molecule has 0 aliphatic heterocycles. The summed E-state index contributed by atoms with van der Waals surface area (Å²) in [5.74, 6) is -2.83. The van der Waals surface area contributed by atoms with Gasteiger partial charge in [0.1, 0.15) is 0 Å². The van der Waals surface area contributed by atoms with Gasteiger partial charge in [-0.2, -0.15) is 0 Å². The number of aromatic nitrogens is 1. The predicted molar refractivity (Wildman–Crippen MR) is 80.7 cm³/mol. The molecule has 0 fully saturated rings. The second-order valence-corrected chi connectivity index (χ2v) is 5.44. The first-order chi connectivity index (χ1) is 10.6. The van der Waals surface area contributed by atoms with Gasteiger partial charge in [0, 0.05) is 29.2 Å². The molecule has 3 rings (SSSR count). The number of hydrogen-bond acceptors (Lipinski definition) is 4. The van der Waals surface area contributed by atoms with E-state index in [1.54, 1.807) is 6.92 Å². The number of nitrogens with zero attached hydrogens (tertiary/aromatic N) is 1. The normalized spacial score (nSPS) is 17.4. The summed E-state index contributed by atoms with van der Waals surface area (Å²) in [5.41, 5.74) is 2.47. The molecule has 2 aromatic rings. The van der Waals surface area contributed by atoms with Gasteiger partial charge < -0.3 is 9.30 Å². The summed E-state index contributed by atoms with van der Waals surface area (Å²) in [4.78, 5) is 36.5. The molecule has 1 aliphatic carbocycles. The maximum absolute atomic E-state index is 12.8. The molecule has 1 atom stereocenters. The molecule has 0 N–H and O–H groups in total. The Hall–Kier alpha value is -2.43. The van der Waals surface area contributed by atoms with Crippen molar-refractivity contribution in [3.8, 4) is 0 Å². The van der Waals surface area contributed by atoms with Crippen LogP contribution in [0.3, 0.4) is 0 Å². The van der Waals surface area contributed by atoms with E-state index >= 15 is 0 Å². The summed E-state index contributed by atoms with van der Waals surface area (Å²) < 4.78 is 6.73. The van der Waals surface area contributed by atoms with Crippen LogP contribution in [0.1, 0.15) is 29.4 Å². The number of esters is 1. The Bertz CT molecular complexity index is 787. The third-order valence-corrected chi connectivity index (χ3v) is 4.25. The van der Waals surface area contributed by atoms with Crippen LogP contribution >= 0.6 is 0 Å². The molecule has 1 heterocycles. The summed E-state index contributed by atoms with van der Waals surface area (Å²) in [7, 11) is 1.92. The summed E-state index contributed by atoms with van der Waals surface area (Å²) in [6.45, 7) is 1.77. The zero-order valence-electron chi connectivity index (χ0n) is 12.6. The first kappa shape index (κ1) is 14.5. The van der Waals surface area contributed by atoms with Gasteiger partial charge in [-0.3, -0.25) is 9.59 Å². The Labute approximate surface area is 127 Å². The maximum Gasteiger partial charge on any atom is 0.375 e. The van der Waals surface area contributed by atoms with Gasteiger partial charge in [-0.1, -0.05) is 18.2 Å². The Morgan fingerprint density at radius 1 is 1.32 bits per heavy atom.